The molecule has 1 aliphatic carbocycles. The molecule has 0 bridgehead atoms. The molecule has 1 saturated carbocycles. The van der Waals surface area contributed by atoms with E-state index in [0.29, 0.717) is 5.82 Å². The molecule has 3 heterocycles. The Hall–Kier alpha value is -2.19. The van der Waals surface area contributed by atoms with E-state index in [4.69, 9.17) is 10.5 Å². The topological polar surface area (TPSA) is 103 Å². The smallest absolute Gasteiger partial charge is 0.404 e. The zero-order valence-corrected chi connectivity index (χ0v) is 14.7. The number of imidazole rings is 1. The Morgan fingerprint density at radius 3 is 2.84 bits per heavy atom. The second kappa shape index (κ2) is 6.27. The van der Waals surface area contributed by atoms with E-state index < -0.39 is 12.2 Å². The molecule has 1 aliphatic rings. The number of rotatable bonds is 3. The van der Waals surface area contributed by atoms with Crippen LogP contribution in [0.25, 0.3) is 21.3 Å². The summed E-state index contributed by atoms with van der Waals surface area (Å²) < 4.78 is 8.39. The summed E-state index contributed by atoms with van der Waals surface area (Å²) in [7, 11) is 0. The summed E-state index contributed by atoms with van der Waals surface area (Å²) in [6.45, 7) is 1.73. The fourth-order valence-corrected chi connectivity index (χ4v) is 4.63. The van der Waals surface area contributed by atoms with Crippen molar-refractivity contribution in [3.8, 4) is 0 Å². The van der Waals surface area contributed by atoms with Crippen LogP contribution in [0.3, 0.4) is 0 Å². The number of fused-ring (bicyclic) bond motifs is 3. The Labute approximate surface area is 148 Å². The van der Waals surface area contributed by atoms with Gasteiger partial charge in [0.15, 0.2) is 0 Å². The summed E-state index contributed by atoms with van der Waals surface area (Å²) in [6.07, 6.45) is 3.47. The van der Waals surface area contributed by atoms with Gasteiger partial charge in [0.2, 0.25) is 0 Å². The number of primary amides is 1. The third-order valence-electron chi connectivity index (χ3n) is 4.82. The first-order chi connectivity index (χ1) is 12.0. The van der Waals surface area contributed by atoms with E-state index >= 15 is 0 Å². The second-order valence-corrected chi connectivity index (χ2v) is 7.43. The molecule has 8 heteroatoms. The normalized spacial score (nSPS) is 22.3. The first-order valence-corrected chi connectivity index (χ1v) is 9.30. The SMILES string of the molecule is CC(O)c1nc2cnc3ccsc3c2n1C1CCC(OC(N)=O)CC1. The highest BCUT2D eigenvalue weighted by atomic mass is 32.1. The highest BCUT2D eigenvalue weighted by Gasteiger charge is 2.29. The fourth-order valence-electron chi connectivity index (χ4n) is 3.75. The van der Waals surface area contributed by atoms with Crippen LogP contribution in [-0.4, -0.2) is 31.8 Å². The van der Waals surface area contributed by atoms with Crippen LogP contribution < -0.4 is 5.73 Å². The van der Waals surface area contributed by atoms with Crippen molar-refractivity contribution >= 4 is 38.7 Å². The Morgan fingerprint density at radius 1 is 1.40 bits per heavy atom. The summed E-state index contributed by atoms with van der Waals surface area (Å²) in [5, 5.41) is 12.3. The van der Waals surface area contributed by atoms with Gasteiger partial charge in [-0.25, -0.2) is 9.78 Å². The Balaban J connectivity index is 1.76. The number of aliphatic hydroxyl groups is 1. The van der Waals surface area contributed by atoms with Crippen molar-refractivity contribution < 1.29 is 14.6 Å². The van der Waals surface area contributed by atoms with Gasteiger partial charge in [-0.2, -0.15) is 0 Å². The van der Waals surface area contributed by atoms with Crippen LogP contribution in [0.4, 0.5) is 4.79 Å². The van der Waals surface area contributed by atoms with Gasteiger partial charge in [0.25, 0.3) is 0 Å². The van der Waals surface area contributed by atoms with E-state index in [1.165, 1.54) is 0 Å². The maximum absolute atomic E-state index is 11.0. The van der Waals surface area contributed by atoms with Gasteiger partial charge in [0, 0.05) is 6.04 Å². The average Bonchev–Trinajstić information content (AvgIpc) is 3.18. The molecule has 1 amide bonds. The minimum absolute atomic E-state index is 0.123. The summed E-state index contributed by atoms with van der Waals surface area (Å²) >= 11 is 1.64. The van der Waals surface area contributed by atoms with Crippen LogP contribution >= 0.6 is 11.3 Å². The third-order valence-corrected chi connectivity index (χ3v) is 5.73. The molecule has 0 aliphatic heterocycles. The number of nitrogens with zero attached hydrogens (tertiary/aromatic N) is 3. The van der Waals surface area contributed by atoms with E-state index in [1.807, 2.05) is 11.4 Å². The fraction of sp³-hybridized carbons (Fsp3) is 0.471. The predicted molar refractivity (Wildman–Crippen MR) is 95.5 cm³/mol. The van der Waals surface area contributed by atoms with Crippen molar-refractivity contribution in [2.24, 2.45) is 5.73 Å². The molecule has 4 rings (SSSR count). The van der Waals surface area contributed by atoms with E-state index in [-0.39, 0.29) is 12.1 Å². The van der Waals surface area contributed by atoms with Gasteiger partial charge < -0.3 is 20.1 Å². The number of amides is 1. The largest absolute Gasteiger partial charge is 0.446 e. The maximum atomic E-state index is 11.0. The lowest BCUT2D eigenvalue weighted by Crippen LogP contribution is -2.28. The number of aliphatic hydroxyl groups excluding tert-OH is 1. The average molecular weight is 360 g/mol. The molecule has 132 valence electrons. The number of thiophene rings is 1. The first kappa shape index (κ1) is 16.3. The van der Waals surface area contributed by atoms with E-state index in [0.717, 1.165) is 46.9 Å². The highest BCUT2D eigenvalue weighted by Crippen LogP contribution is 2.38. The van der Waals surface area contributed by atoms with Gasteiger partial charge >= 0.3 is 6.09 Å². The molecule has 3 N–H and O–H groups in total. The minimum atomic E-state index is -0.715. The van der Waals surface area contributed by atoms with Crippen LogP contribution in [-0.2, 0) is 4.74 Å². The summed E-state index contributed by atoms with van der Waals surface area (Å²) in [6, 6.07) is 2.20. The number of pyridine rings is 1. The molecular weight excluding hydrogens is 340 g/mol. The molecule has 1 unspecified atom stereocenters. The van der Waals surface area contributed by atoms with Crippen molar-refractivity contribution in [1.29, 1.82) is 0 Å². The van der Waals surface area contributed by atoms with Gasteiger partial charge in [-0.3, -0.25) is 4.98 Å². The van der Waals surface area contributed by atoms with Gasteiger partial charge in [0.05, 0.1) is 21.9 Å². The molecule has 25 heavy (non-hydrogen) atoms. The number of hydrogen-bond acceptors (Lipinski definition) is 6. The predicted octanol–water partition coefficient (Wildman–Crippen LogP) is 3.28. The Kier molecular flexibility index (Phi) is 4.09. The monoisotopic (exact) mass is 360 g/mol. The summed E-state index contributed by atoms with van der Waals surface area (Å²) in [5.74, 6) is 0.664. The van der Waals surface area contributed by atoms with Crippen LogP contribution in [0.2, 0.25) is 0 Å². The summed E-state index contributed by atoms with van der Waals surface area (Å²) in [4.78, 5) is 20.0. The number of carbonyl (C=O) groups excluding carboxylic acids is 1. The third kappa shape index (κ3) is 2.85. The quantitative estimate of drug-likeness (QED) is 0.746. The standard InChI is InChI=1S/C17H20N4O3S/c1-9(22)16-20-13-8-19-12-6-7-25-15(12)14(13)21(16)10-2-4-11(5-3-10)24-17(18)23/h6-11,22H,2-5H2,1H3,(H2,18,23). The van der Waals surface area contributed by atoms with Crippen molar-refractivity contribution in [3.05, 3.63) is 23.5 Å². The molecule has 0 saturated heterocycles. The zero-order chi connectivity index (χ0) is 17.6. The lowest BCUT2D eigenvalue weighted by Gasteiger charge is -2.30. The van der Waals surface area contributed by atoms with Crippen molar-refractivity contribution in [1.82, 2.24) is 14.5 Å². The molecule has 3 aromatic heterocycles. The molecular formula is C17H20N4O3S. The van der Waals surface area contributed by atoms with Crippen LogP contribution in [0.15, 0.2) is 17.6 Å². The number of carbonyl (C=O) groups is 1. The number of ether oxygens (including phenoxy) is 1. The number of nitrogens with two attached hydrogens (primary N) is 1. The van der Waals surface area contributed by atoms with E-state index in [9.17, 15) is 9.90 Å². The maximum Gasteiger partial charge on any atom is 0.404 e. The molecule has 1 fully saturated rings. The molecule has 0 aromatic carbocycles. The number of hydrogen-bond donors (Lipinski definition) is 2. The van der Waals surface area contributed by atoms with Crippen molar-refractivity contribution in [2.45, 2.75) is 50.9 Å². The minimum Gasteiger partial charge on any atom is -0.446 e. The Bertz CT molecular complexity index is 925. The van der Waals surface area contributed by atoms with Crippen LogP contribution in [0.1, 0.15) is 50.6 Å². The van der Waals surface area contributed by atoms with Crippen LogP contribution in [0, 0.1) is 0 Å². The zero-order valence-electron chi connectivity index (χ0n) is 13.9. The lowest BCUT2D eigenvalue weighted by atomic mass is 9.92. The van der Waals surface area contributed by atoms with E-state index in [2.05, 4.69) is 14.5 Å². The summed E-state index contributed by atoms with van der Waals surface area (Å²) in [5.41, 5.74) is 7.92. The molecule has 3 aromatic rings. The molecule has 0 spiro atoms. The van der Waals surface area contributed by atoms with Crippen molar-refractivity contribution in [2.75, 3.05) is 0 Å². The highest BCUT2D eigenvalue weighted by molar-refractivity contribution is 7.18. The van der Waals surface area contributed by atoms with Gasteiger partial charge in [-0.1, -0.05) is 0 Å². The molecule has 7 nitrogen and oxygen atoms in total. The van der Waals surface area contributed by atoms with Gasteiger partial charge in [0.1, 0.15) is 23.5 Å². The lowest BCUT2D eigenvalue weighted by molar-refractivity contribution is 0.0713. The Morgan fingerprint density at radius 2 is 2.16 bits per heavy atom. The second-order valence-electron chi connectivity index (χ2n) is 6.51. The molecule has 0 radical (unpaired) electrons. The van der Waals surface area contributed by atoms with Gasteiger partial charge in [-0.15, -0.1) is 11.3 Å². The van der Waals surface area contributed by atoms with Crippen molar-refractivity contribution in [3.63, 3.8) is 0 Å². The molecule has 1 atom stereocenters. The van der Waals surface area contributed by atoms with Crippen LogP contribution in [0.5, 0.6) is 0 Å². The first-order valence-electron chi connectivity index (χ1n) is 8.42. The van der Waals surface area contributed by atoms with Gasteiger partial charge in [-0.05, 0) is 44.1 Å². The number of aromatic nitrogens is 3. The van der Waals surface area contributed by atoms with E-state index in [1.54, 1.807) is 24.5 Å².